The highest BCUT2D eigenvalue weighted by molar-refractivity contribution is 7.90. The molecule has 0 saturated heterocycles. The highest BCUT2D eigenvalue weighted by Crippen LogP contribution is 2.31. The van der Waals surface area contributed by atoms with Crippen molar-refractivity contribution in [2.24, 2.45) is 0 Å². The van der Waals surface area contributed by atoms with Crippen LogP contribution >= 0.6 is 0 Å². The smallest absolute Gasteiger partial charge is 0.294 e. The number of carbonyl (C=O) groups excluding carboxylic acids is 1. The van der Waals surface area contributed by atoms with Gasteiger partial charge in [-0.15, -0.1) is 0 Å². The first-order valence-corrected chi connectivity index (χ1v) is 6.35. The summed E-state index contributed by atoms with van der Waals surface area (Å²) in [7, 11) is -3.88. The molecule has 1 rings (SSSR count). The molecule has 0 heterocycles. The summed E-state index contributed by atoms with van der Waals surface area (Å²) >= 11 is 0. The lowest BCUT2D eigenvalue weighted by molar-refractivity contribution is -0.137. The fraction of sp³-hybridized carbons (Fsp3) is 0.300. The van der Waals surface area contributed by atoms with Crippen molar-refractivity contribution >= 4 is 15.6 Å². The summed E-state index contributed by atoms with van der Waals surface area (Å²) in [5.74, 6) is -0.598. The molecule has 1 aromatic carbocycles. The lowest BCUT2D eigenvalue weighted by Crippen LogP contribution is -2.11. The number of Topliss-reactive ketones (excluding diaryl/α,β-unsaturated/α-hetero) is 1. The number of alkyl halides is 3. The molecule has 0 atom stereocenters. The standard InChI is InChI=1S/C10H9F3O3S/c1-6(14)8-4-3-7(10(11,12)13)5-9(8)17(2,15)16/h3-5H,1-2H3. The third-order valence-corrected chi connectivity index (χ3v) is 3.22. The van der Waals surface area contributed by atoms with E-state index >= 15 is 0 Å². The molecule has 0 saturated carbocycles. The molecule has 0 aromatic heterocycles. The van der Waals surface area contributed by atoms with Gasteiger partial charge in [0.1, 0.15) is 0 Å². The quantitative estimate of drug-likeness (QED) is 0.772. The van der Waals surface area contributed by atoms with Crippen LogP contribution in [0.2, 0.25) is 0 Å². The van der Waals surface area contributed by atoms with Crippen LogP contribution in [0.3, 0.4) is 0 Å². The maximum atomic E-state index is 12.4. The highest BCUT2D eigenvalue weighted by atomic mass is 32.2. The molecule has 0 aliphatic carbocycles. The van der Waals surface area contributed by atoms with Crippen LogP contribution in [0.4, 0.5) is 13.2 Å². The zero-order valence-corrected chi connectivity index (χ0v) is 9.82. The zero-order valence-electron chi connectivity index (χ0n) is 9.00. The van der Waals surface area contributed by atoms with E-state index in [-0.39, 0.29) is 5.56 Å². The van der Waals surface area contributed by atoms with E-state index in [9.17, 15) is 26.4 Å². The fourth-order valence-electron chi connectivity index (χ4n) is 1.30. The number of benzene rings is 1. The number of rotatable bonds is 2. The molecule has 0 radical (unpaired) electrons. The van der Waals surface area contributed by atoms with Gasteiger partial charge in [0.2, 0.25) is 0 Å². The SMILES string of the molecule is CC(=O)c1ccc(C(F)(F)F)cc1S(C)(=O)=O. The van der Waals surface area contributed by atoms with Crippen molar-refractivity contribution in [3.05, 3.63) is 29.3 Å². The number of sulfone groups is 1. The summed E-state index contributed by atoms with van der Waals surface area (Å²) in [5.41, 5.74) is -1.33. The van der Waals surface area contributed by atoms with Crippen molar-refractivity contribution in [3.8, 4) is 0 Å². The van der Waals surface area contributed by atoms with Gasteiger partial charge in [-0.3, -0.25) is 4.79 Å². The first kappa shape index (κ1) is 13.7. The minimum absolute atomic E-state index is 0.236. The van der Waals surface area contributed by atoms with Crippen LogP contribution in [0, 0.1) is 0 Å². The minimum atomic E-state index is -4.64. The van der Waals surface area contributed by atoms with Crippen LogP contribution in [0.5, 0.6) is 0 Å². The Kier molecular flexibility index (Phi) is 3.33. The van der Waals surface area contributed by atoms with Gasteiger partial charge < -0.3 is 0 Å². The molecule has 0 aliphatic heterocycles. The van der Waals surface area contributed by atoms with Crippen molar-refractivity contribution in [3.63, 3.8) is 0 Å². The predicted molar refractivity (Wildman–Crippen MR) is 54.6 cm³/mol. The third kappa shape index (κ3) is 3.06. The Morgan fingerprint density at radius 2 is 1.76 bits per heavy atom. The zero-order chi connectivity index (χ0) is 13.4. The van der Waals surface area contributed by atoms with E-state index in [1.54, 1.807) is 0 Å². The Balaban J connectivity index is 3.57. The Labute approximate surface area is 96.2 Å². The minimum Gasteiger partial charge on any atom is -0.294 e. The van der Waals surface area contributed by atoms with E-state index < -0.39 is 32.3 Å². The number of hydrogen-bond acceptors (Lipinski definition) is 3. The van der Waals surface area contributed by atoms with E-state index in [0.717, 1.165) is 19.2 Å². The van der Waals surface area contributed by atoms with Crippen LogP contribution in [-0.4, -0.2) is 20.5 Å². The van der Waals surface area contributed by atoms with E-state index in [4.69, 9.17) is 0 Å². The second-order valence-electron chi connectivity index (χ2n) is 3.54. The monoisotopic (exact) mass is 266 g/mol. The van der Waals surface area contributed by atoms with E-state index in [1.807, 2.05) is 0 Å². The van der Waals surface area contributed by atoms with Gasteiger partial charge in [-0.05, 0) is 25.1 Å². The molecule has 0 amide bonds. The maximum Gasteiger partial charge on any atom is 0.416 e. The number of hydrogen-bond donors (Lipinski definition) is 0. The largest absolute Gasteiger partial charge is 0.416 e. The molecule has 94 valence electrons. The summed E-state index contributed by atoms with van der Waals surface area (Å²) in [6.07, 6.45) is -3.89. The fourth-order valence-corrected chi connectivity index (χ4v) is 2.25. The number of carbonyl (C=O) groups is 1. The lowest BCUT2D eigenvalue weighted by Gasteiger charge is -2.10. The molecule has 0 fully saturated rings. The molecule has 7 heteroatoms. The second kappa shape index (κ2) is 4.14. The molecule has 17 heavy (non-hydrogen) atoms. The van der Waals surface area contributed by atoms with Crippen LogP contribution in [0.15, 0.2) is 23.1 Å². The van der Waals surface area contributed by atoms with E-state index in [1.165, 1.54) is 0 Å². The number of ketones is 1. The van der Waals surface area contributed by atoms with Gasteiger partial charge in [0.05, 0.1) is 10.5 Å². The van der Waals surface area contributed by atoms with Gasteiger partial charge in [-0.25, -0.2) is 8.42 Å². The molecular weight excluding hydrogens is 257 g/mol. The Hall–Kier alpha value is -1.37. The van der Waals surface area contributed by atoms with Crippen molar-refractivity contribution in [1.82, 2.24) is 0 Å². The van der Waals surface area contributed by atoms with Gasteiger partial charge in [0.25, 0.3) is 0 Å². The van der Waals surface area contributed by atoms with Crippen molar-refractivity contribution in [2.45, 2.75) is 18.0 Å². The second-order valence-corrected chi connectivity index (χ2v) is 5.52. The average molecular weight is 266 g/mol. The molecule has 0 aliphatic rings. The number of halogens is 3. The normalized spacial score (nSPS) is 12.5. The van der Waals surface area contributed by atoms with Crippen LogP contribution < -0.4 is 0 Å². The summed E-state index contributed by atoms with van der Waals surface area (Å²) < 4.78 is 59.9. The van der Waals surface area contributed by atoms with Gasteiger partial charge in [-0.1, -0.05) is 0 Å². The van der Waals surface area contributed by atoms with Gasteiger partial charge >= 0.3 is 6.18 Å². The summed E-state index contributed by atoms with van der Waals surface area (Å²) in [4.78, 5) is 10.5. The summed E-state index contributed by atoms with van der Waals surface area (Å²) in [5, 5.41) is 0. The summed E-state index contributed by atoms with van der Waals surface area (Å²) in [6.45, 7) is 1.09. The van der Waals surface area contributed by atoms with Crippen LogP contribution in [0.25, 0.3) is 0 Å². The first-order chi connectivity index (χ1) is 7.53. The topological polar surface area (TPSA) is 51.2 Å². The molecule has 1 aromatic rings. The summed E-state index contributed by atoms with van der Waals surface area (Å²) in [6, 6.07) is 2.04. The van der Waals surface area contributed by atoms with Crippen LogP contribution in [0.1, 0.15) is 22.8 Å². The van der Waals surface area contributed by atoms with Gasteiger partial charge in [0.15, 0.2) is 15.6 Å². The Morgan fingerprint density at radius 3 is 2.12 bits per heavy atom. The van der Waals surface area contributed by atoms with Crippen molar-refractivity contribution < 1.29 is 26.4 Å². The van der Waals surface area contributed by atoms with Gasteiger partial charge in [-0.2, -0.15) is 13.2 Å². The highest BCUT2D eigenvalue weighted by Gasteiger charge is 2.32. The van der Waals surface area contributed by atoms with E-state index in [2.05, 4.69) is 0 Å². The molecular formula is C10H9F3O3S. The Bertz CT molecular complexity index is 559. The van der Waals surface area contributed by atoms with E-state index in [0.29, 0.717) is 12.1 Å². The molecule has 0 N–H and O–H groups in total. The molecule has 0 bridgehead atoms. The van der Waals surface area contributed by atoms with Crippen molar-refractivity contribution in [2.75, 3.05) is 6.26 Å². The predicted octanol–water partition coefficient (Wildman–Crippen LogP) is 2.31. The first-order valence-electron chi connectivity index (χ1n) is 4.45. The molecule has 0 unspecified atom stereocenters. The van der Waals surface area contributed by atoms with Crippen molar-refractivity contribution in [1.29, 1.82) is 0 Å². The molecule has 0 spiro atoms. The van der Waals surface area contributed by atoms with Gasteiger partial charge in [0, 0.05) is 11.8 Å². The average Bonchev–Trinajstić information content (AvgIpc) is 2.14. The lowest BCUT2D eigenvalue weighted by atomic mass is 10.1. The Morgan fingerprint density at radius 1 is 1.24 bits per heavy atom. The van der Waals surface area contributed by atoms with Crippen LogP contribution in [-0.2, 0) is 16.0 Å². The third-order valence-electron chi connectivity index (χ3n) is 2.09. The maximum absolute atomic E-state index is 12.4. The molecule has 3 nitrogen and oxygen atoms in total.